The zero-order chi connectivity index (χ0) is 45.8. The third-order valence-corrected chi connectivity index (χ3v) is 11.5. The normalized spacial score (nSPS) is 16.5. The van der Waals surface area contributed by atoms with Gasteiger partial charge in [-0.25, -0.2) is 24.5 Å². The monoisotopic (exact) mass is 886 g/mol. The van der Waals surface area contributed by atoms with Crippen LogP contribution in [0, 0.1) is 11.8 Å². The molecular formula is C44H67N6O11P. The highest BCUT2D eigenvalue weighted by Gasteiger charge is 2.31. The van der Waals surface area contributed by atoms with Crippen LogP contribution < -0.4 is 5.73 Å². The maximum atomic E-state index is 12.1. The summed E-state index contributed by atoms with van der Waals surface area (Å²) in [6, 6.07) is 11.3. The lowest BCUT2D eigenvalue weighted by Crippen LogP contribution is -2.35. The predicted octanol–water partition coefficient (Wildman–Crippen LogP) is 7.41. The second-order valence-electron chi connectivity index (χ2n) is 17.1. The van der Waals surface area contributed by atoms with Crippen LogP contribution in [0.1, 0.15) is 89.7 Å². The summed E-state index contributed by atoms with van der Waals surface area (Å²) >= 11 is 0. The molecule has 5 heterocycles. The van der Waals surface area contributed by atoms with Crippen LogP contribution in [0.15, 0.2) is 48.8 Å². The number of nitrogens with zero attached hydrogens (tertiary/aromatic N) is 5. The molecule has 18 heteroatoms. The van der Waals surface area contributed by atoms with Crippen molar-refractivity contribution in [1.29, 1.82) is 0 Å². The Bertz CT molecular complexity index is 1910. The fraction of sp³-hybridized carbons (Fsp3) is 0.614. The van der Waals surface area contributed by atoms with E-state index in [2.05, 4.69) is 21.0 Å². The van der Waals surface area contributed by atoms with E-state index < -0.39 is 18.8 Å². The standard InChI is InChI=1S/C21H29N3O3.C17H32NO7P.C6H6N2O/c1-21(2,3)27-20(25)24-12-8-16(15-24)9-13-26-14-10-18-7-6-17-5-4-11-22-19(17)23-18;1-17(2,3)25-16(20)18-9-6-14(12-18)7-10-24-11-8-15(19)13-26(21,22-4)23-5;7-6-5(4-9)2-1-3-8-6/h4-7,11,16H,8-10,12-15H2,1-3H3;14H,6-13H2,1-5H3;1-4H,(H2,7,8)/t16-;14-;/m00./s1. The maximum absolute atomic E-state index is 12.1. The van der Waals surface area contributed by atoms with Crippen molar-refractivity contribution in [2.45, 2.75) is 91.3 Å². The van der Waals surface area contributed by atoms with Crippen molar-refractivity contribution in [3.63, 3.8) is 0 Å². The Hall–Kier alpha value is -4.54. The first-order valence-corrected chi connectivity index (χ1v) is 22.8. The molecule has 2 atom stereocenters. The smallest absolute Gasteiger partial charge is 0.410 e. The Balaban J connectivity index is 0.000000275. The minimum absolute atomic E-state index is 0.172. The second kappa shape index (κ2) is 25.5. The number of ether oxygens (including phenoxy) is 4. The van der Waals surface area contributed by atoms with Crippen LogP contribution in [0.5, 0.6) is 0 Å². The van der Waals surface area contributed by atoms with E-state index in [1.807, 2.05) is 64.6 Å². The quantitative estimate of drug-likeness (QED) is 0.0794. The Morgan fingerprint density at radius 1 is 0.790 bits per heavy atom. The SMILES string of the molecule is CC(C)(C)OC(=O)N1CC[C@@H](CCOCCc2ccc3cccnc3n2)C1.COP(=O)(CC(=O)CCOCC[C@@H]1CCN(C(=O)OC(C)(C)C)C1)OC.Nc1ncccc1C=O. The van der Waals surface area contributed by atoms with Gasteiger partial charge < -0.3 is 43.5 Å². The number of nitrogen functional groups attached to an aromatic ring is 1. The lowest BCUT2D eigenvalue weighted by molar-refractivity contribution is -0.118. The number of anilines is 1. The number of rotatable bonds is 17. The highest BCUT2D eigenvalue weighted by molar-refractivity contribution is 7.54. The highest BCUT2D eigenvalue weighted by atomic mass is 31.2. The van der Waals surface area contributed by atoms with Gasteiger partial charge in [-0.1, -0.05) is 0 Å². The van der Waals surface area contributed by atoms with Gasteiger partial charge in [-0.3, -0.25) is 14.2 Å². The molecule has 62 heavy (non-hydrogen) atoms. The molecule has 5 rings (SSSR count). The van der Waals surface area contributed by atoms with Crippen molar-refractivity contribution in [3.05, 3.63) is 60.0 Å². The number of pyridine rings is 3. The zero-order valence-corrected chi connectivity index (χ0v) is 38.6. The van der Waals surface area contributed by atoms with E-state index in [0.29, 0.717) is 56.6 Å². The number of likely N-dealkylation sites (tertiary alicyclic amines) is 2. The van der Waals surface area contributed by atoms with E-state index >= 15 is 0 Å². The molecule has 0 bridgehead atoms. The number of ketones is 1. The molecule has 0 unspecified atom stereocenters. The number of aromatic nitrogens is 3. The van der Waals surface area contributed by atoms with Gasteiger partial charge in [0.15, 0.2) is 11.9 Å². The summed E-state index contributed by atoms with van der Waals surface area (Å²) in [6.45, 7) is 16.3. The lowest BCUT2D eigenvalue weighted by atomic mass is 10.1. The molecule has 2 N–H and O–H groups in total. The van der Waals surface area contributed by atoms with E-state index in [-0.39, 0.29) is 43.0 Å². The van der Waals surface area contributed by atoms with Gasteiger partial charge in [0.25, 0.3) is 0 Å². The average Bonchev–Trinajstić information content (AvgIpc) is 3.91. The number of carbonyl (C=O) groups is 4. The summed E-state index contributed by atoms with van der Waals surface area (Å²) in [4.78, 5) is 62.1. The summed E-state index contributed by atoms with van der Waals surface area (Å²) in [5.74, 6) is 0.933. The molecule has 0 radical (unpaired) electrons. The molecule has 3 aromatic heterocycles. The van der Waals surface area contributed by atoms with Crippen LogP contribution in [0.4, 0.5) is 15.4 Å². The molecule has 2 amide bonds. The predicted molar refractivity (Wildman–Crippen MR) is 236 cm³/mol. The van der Waals surface area contributed by atoms with Crippen molar-refractivity contribution in [1.82, 2.24) is 24.8 Å². The minimum Gasteiger partial charge on any atom is -0.444 e. The van der Waals surface area contributed by atoms with Crippen molar-refractivity contribution in [2.75, 3.05) is 78.7 Å². The fourth-order valence-electron chi connectivity index (χ4n) is 6.35. The number of amides is 2. The Morgan fingerprint density at radius 2 is 1.34 bits per heavy atom. The molecule has 0 spiro atoms. The van der Waals surface area contributed by atoms with Crippen LogP contribution in [0.25, 0.3) is 11.0 Å². The number of carbonyl (C=O) groups excluding carboxylic acids is 4. The van der Waals surface area contributed by atoms with Gasteiger partial charge in [0.1, 0.15) is 29.0 Å². The molecule has 344 valence electrons. The van der Waals surface area contributed by atoms with Crippen molar-refractivity contribution in [2.24, 2.45) is 11.8 Å². The highest BCUT2D eigenvalue weighted by Crippen LogP contribution is 2.46. The largest absolute Gasteiger partial charge is 0.444 e. The first-order chi connectivity index (χ1) is 29.3. The van der Waals surface area contributed by atoms with E-state index in [9.17, 15) is 23.7 Å². The summed E-state index contributed by atoms with van der Waals surface area (Å²) < 4.78 is 43.4. The number of hydrogen-bond donors (Lipinski definition) is 1. The van der Waals surface area contributed by atoms with Crippen molar-refractivity contribution >= 4 is 48.7 Å². The van der Waals surface area contributed by atoms with Crippen LogP contribution in [-0.2, 0) is 43.8 Å². The molecule has 2 saturated heterocycles. The van der Waals surface area contributed by atoms with Gasteiger partial charge in [-0.2, -0.15) is 0 Å². The Labute approximate surface area is 366 Å². The van der Waals surface area contributed by atoms with E-state index in [1.54, 1.807) is 29.4 Å². The Morgan fingerprint density at radius 3 is 1.85 bits per heavy atom. The van der Waals surface area contributed by atoms with E-state index in [0.717, 1.165) is 61.9 Å². The van der Waals surface area contributed by atoms with Gasteiger partial charge in [-0.05, 0) is 115 Å². The number of Topliss-reactive ketones (excluding diaryl/α,β-unsaturated/α-hetero) is 1. The number of nitrogens with two attached hydrogens (primary N) is 1. The molecule has 0 aliphatic carbocycles. The van der Waals surface area contributed by atoms with Gasteiger partial charge in [0.2, 0.25) is 0 Å². The molecule has 3 aromatic rings. The van der Waals surface area contributed by atoms with Gasteiger partial charge in [-0.15, -0.1) is 0 Å². The van der Waals surface area contributed by atoms with Gasteiger partial charge in [0.05, 0.1) is 18.8 Å². The number of hydrogen-bond acceptors (Lipinski definition) is 15. The molecule has 2 fully saturated rings. The molecule has 0 aromatic carbocycles. The second-order valence-corrected chi connectivity index (χ2v) is 19.4. The van der Waals surface area contributed by atoms with Crippen molar-refractivity contribution < 1.29 is 51.7 Å². The average molecular weight is 887 g/mol. The fourth-order valence-corrected chi connectivity index (χ4v) is 7.35. The van der Waals surface area contributed by atoms with Crippen LogP contribution in [-0.4, -0.2) is 133 Å². The number of fused-ring (bicyclic) bond motifs is 1. The Kier molecular flexibility index (Phi) is 21.3. The summed E-state index contributed by atoms with van der Waals surface area (Å²) in [6.07, 6.45) is 7.95. The van der Waals surface area contributed by atoms with Crippen LogP contribution in [0.3, 0.4) is 0 Å². The lowest BCUT2D eigenvalue weighted by Gasteiger charge is -2.24. The molecular weight excluding hydrogens is 819 g/mol. The summed E-state index contributed by atoms with van der Waals surface area (Å²) in [5.41, 5.74) is 6.58. The van der Waals surface area contributed by atoms with E-state index in [4.69, 9.17) is 33.7 Å². The zero-order valence-electron chi connectivity index (χ0n) is 37.7. The molecule has 0 saturated carbocycles. The summed E-state index contributed by atoms with van der Waals surface area (Å²) in [7, 11) is -0.776. The number of aldehydes is 1. The first-order valence-electron chi connectivity index (χ1n) is 21.0. The summed E-state index contributed by atoms with van der Waals surface area (Å²) in [5, 5.41) is 1.05. The molecule has 17 nitrogen and oxygen atoms in total. The maximum Gasteiger partial charge on any atom is 0.410 e. The third kappa shape index (κ3) is 19.7. The molecule has 2 aliphatic rings. The van der Waals surface area contributed by atoms with Crippen LogP contribution >= 0.6 is 7.60 Å². The van der Waals surface area contributed by atoms with Gasteiger partial charge in [0, 0.05) is 89.9 Å². The van der Waals surface area contributed by atoms with E-state index in [1.165, 1.54) is 14.2 Å². The van der Waals surface area contributed by atoms with Crippen LogP contribution in [0.2, 0.25) is 0 Å². The molecule has 2 aliphatic heterocycles. The topological polar surface area (TPSA) is 212 Å². The minimum atomic E-state index is -3.30. The first kappa shape index (κ1) is 51.8. The van der Waals surface area contributed by atoms with Gasteiger partial charge >= 0.3 is 19.8 Å². The van der Waals surface area contributed by atoms with Crippen molar-refractivity contribution in [3.8, 4) is 0 Å². The third-order valence-electron chi connectivity index (χ3n) is 9.69.